The number of hydrogen-bond donors (Lipinski definition) is 1. The first-order chi connectivity index (χ1) is 9.26. The maximum Gasteiger partial charge on any atom is 0.0517 e. The van der Waals surface area contributed by atoms with E-state index in [1.165, 1.54) is 40.1 Å². The van der Waals surface area contributed by atoms with E-state index in [4.69, 9.17) is 0 Å². The second kappa shape index (κ2) is 5.30. The minimum Gasteiger partial charge on any atom is -0.378 e. The van der Waals surface area contributed by atoms with Crippen molar-refractivity contribution >= 4 is 17.4 Å². The Hall–Kier alpha value is -1.41. The molecule has 0 saturated carbocycles. The van der Waals surface area contributed by atoms with Gasteiger partial charge in [-0.1, -0.05) is 29.8 Å². The van der Waals surface area contributed by atoms with Crippen molar-refractivity contribution in [3.8, 4) is 0 Å². The van der Waals surface area contributed by atoms with Gasteiger partial charge in [-0.25, -0.2) is 0 Å². The first-order valence-corrected chi connectivity index (χ1v) is 7.99. The van der Waals surface area contributed by atoms with Crippen molar-refractivity contribution in [1.29, 1.82) is 0 Å². The lowest BCUT2D eigenvalue weighted by atomic mass is 9.93. The van der Waals surface area contributed by atoms with Gasteiger partial charge in [0.2, 0.25) is 0 Å². The third kappa shape index (κ3) is 2.64. The van der Waals surface area contributed by atoms with E-state index >= 15 is 0 Å². The molecule has 2 aromatic rings. The lowest BCUT2D eigenvalue weighted by Gasteiger charge is -2.27. The molecule has 0 bridgehead atoms. The van der Waals surface area contributed by atoms with Crippen LogP contribution in [0.25, 0.3) is 0 Å². The van der Waals surface area contributed by atoms with E-state index < -0.39 is 0 Å². The molecule has 1 aliphatic heterocycles. The van der Waals surface area contributed by atoms with Crippen LogP contribution in [-0.2, 0) is 6.42 Å². The minimum atomic E-state index is 0.450. The summed E-state index contributed by atoms with van der Waals surface area (Å²) in [5, 5.41) is 3.67. The molecule has 0 amide bonds. The Kier molecular flexibility index (Phi) is 3.52. The summed E-state index contributed by atoms with van der Waals surface area (Å²) in [5.41, 5.74) is 5.50. The van der Waals surface area contributed by atoms with Crippen LogP contribution in [0.1, 0.15) is 29.2 Å². The van der Waals surface area contributed by atoms with Crippen LogP contribution in [0.4, 0.5) is 5.69 Å². The predicted octanol–water partition coefficient (Wildman–Crippen LogP) is 4.82. The van der Waals surface area contributed by atoms with Gasteiger partial charge >= 0.3 is 0 Å². The van der Waals surface area contributed by atoms with Gasteiger partial charge in [-0.2, -0.15) is 0 Å². The average molecular weight is 269 g/mol. The number of anilines is 1. The number of aryl methyl sites for hydroxylation is 2. The first-order valence-electron chi connectivity index (χ1n) is 6.76. The molecule has 0 fully saturated rings. The Bertz CT molecular complexity index is 574. The van der Waals surface area contributed by atoms with Crippen LogP contribution >= 0.6 is 11.8 Å². The van der Waals surface area contributed by atoms with Crippen molar-refractivity contribution in [1.82, 2.24) is 0 Å². The Morgan fingerprint density at radius 3 is 2.63 bits per heavy atom. The van der Waals surface area contributed by atoms with Crippen molar-refractivity contribution in [2.24, 2.45) is 0 Å². The lowest BCUT2D eigenvalue weighted by Crippen LogP contribution is -2.18. The molecule has 0 spiro atoms. The predicted molar refractivity (Wildman–Crippen MR) is 84.1 cm³/mol. The number of benzene rings is 2. The van der Waals surface area contributed by atoms with Crippen LogP contribution in [0, 0.1) is 6.92 Å². The monoisotopic (exact) mass is 269 g/mol. The highest BCUT2D eigenvalue weighted by molar-refractivity contribution is 7.98. The van der Waals surface area contributed by atoms with Gasteiger partial charge in [0.15, 0.2) is 0 Å². The summed E-state index contributed by atoms with van der Waals surface area (Å²) < 4.78 is 0. The molecule has 1 aliphatic rings. The van der Waals surface area contributed by atoms with Crippen LogP contribution < -0.4 is 5.32 Å². The molecule has 2 heteroatoms. The van der Waals surface area contributed by atoms with E-state index in [2.05, 4.69) is 61.0 Å². The standard InChI is InChI=1S/C17H19NS/c1-12-3-9-17-14(11-12)6-10-16(18-17)13-4-7-15(19-2)8-5-13/h3-5,7-9,11,16,18H,6,10H2,1-2H3. The smallest absolute Gasteiger partial charge is 0.0517 e. The van der Waals surface area contributed by atoms with Crippen molar-refractivity contribution < 1.29 is 0 Å². The Morgan fingerprint density at radius 1 is 1.11 bits per heavy atom. The molecule has 0 saturated heterocycles. The van der Waals surface area contributed by atoms with E-state index in [1.807, 2.05) is 0 Å². The second-order valence-electron chi connectivity index (χ2n) is 5.17. The van der Waals surface area contributed by atoms with Gasteiger partial charge in [-0.3, -0.25) is 0 Å². The molecular weight excluding hydrogens is 250 g/mol. The van der Waals surface area contributed by atoms with Crippen molar-refractivity contribution in [2.45, 2.75) is 30.7 Å². The summed E-state index contributed by atoms with van der Waals surface area (Å²) in [6.07, 6.45) is 4.46. The summed E-state index contributed by atoms with van der Waals surface area (Å²) in [5.74, 6) is 0. The molecule has 2 aromatic carbocycles. The molecule has 1 atom stereocenters. The molecule has 19 heavy (non-hydrogen) atoms. The summed E-state index contributed by atoms with van der Waals surface area (Å²) in [6, 6.07) is 16.1. The second-order valence-corrected chi connectivity index (χ2v) is 6.05. The highest BCUT2D eigenvalue weighted by Crippen LogP contribution is 2.33. The number of fused-ring (bicyclic) bond motifs is 1. The fourth-order valence-corrected chi connectivity index (χ4v) is 3.12. The van der Waals surface area contributed by atoms with E-state index in [0.717, 1.165) is 0 Å². The number of nitrogens with one attached hydrogen (secondary N) is 1. The minimum absolute atomic E-state index is 0.450. The van der Waals surface area contributed by atoms with Gasteiger partial charge in [-0.15, -0.1) is 11.8 Å². The maximum atomic E-state index is 3.67. The van der Waals surface area contributed by atoms with E-state index in [-0.39, 0.29) is 0 Å². The third-order valence-electron chi connectivity index (χ3n) is 3.81. The molecular formula is C17H19NS. The molecule has 0 aliphatic carbocycles. The SMILES string of the molecule is CSc1ccc(C2CCc3cc(C)ccc3N2)cc1. The van der Waals surface area contributed by atoms with Crippen LogP contribution in [0.3, 0.4) is 0 Å². The number of hydrogen-bond acceptors (Lipinski definition) is 2. The van der Waals surface area contributed by atoms with Gasteiger partial charge in [0.05, 0.1) is 6.04 Å². The zero-order valence-electron chi connectivity index (χ0n) is 11.4. The number of rotatable bonds is 2. The van der Waals surface area contributed by atoms with Gasteiger partial charge in [-0.05, 0) is 55.3 Å². The molecule has 1 unspecified atom stereocenters. The van der Waals surface area contributed by atoms with Gasteiger partial charge in [0, 0.05) is 10.6 Å². The van der Waals surface area contributed by atoms with Crippen molar-refractivity contribution in [3.63, 3.8) is 0 Å². The zero-order valence-corrected chi connectivity index (χ0v) is 12.3. The fraction of sp³-hybridized carbons (Fsp3) is 0.294. The fourth-order valence-electron chi connectivity index (χ4n) is 2.72. The van der Waals surface area contributed by atoms with Crippen LogP contribution in [0.5, 0.6) is 0 Å². The molecule has 98 valence electrons. The summed E-state index contributed by atoms with van der Waals surface area (Å²) in [7, 11) is 0. The van der Waals surface area contributed by atoms with E-state index in [9.17, 15) is 0 Å². The summed E-state index contributed by atoms with van der Waals surface area (Å²) in [6.45, 7) is 2.16. The van der Waals surface area contributed by atoms with Gasteiger partial charge < -0.3 is 5.32 Å². The molecule has 0 radical (unpaired) electrons. The highest BCUT2D eigenvalue weighted by Gasteiger charge is 2.18. The van der Waals surface area contributed by atoms with Gasteiger partial charge in [0.25, 0.3) is 0 Å². The van der Waals surface area contributed by atoms with Crippen LogP contribution in [0.2, 0.25) is 0 Å². The molecule has 1 nitrogen and oxygen atoms in total. The highest BCUT2D eigenvalue weighted by atomic mass is 32.2. The zero-order chi connectivity index (χ0) is 13.2. The molecule has 1 N–H and O–H groups in total. The van der Waals surface area contributed by atoms with E-state index in [0.29, 0.717) is 6.04 Å². The van der Waals surface area contributed by atoms with Crippen LogP contribution in [-0.4, -0.2) is 6.26 Å². The Balaban J connectivity index is 1.82. The largest absolute Gasteiger partial charge is 0.378 e. The van der Waals surface area contributed by atoms with Crippen LogP contribution in [0.15, 0.2) is 47.4 Å². The topological polar surface area (TPSA) is 12.0 Å². The number of thioether (sulfide) groups is 1. The van der Waals surface area contributed by atoms with Crippen molar-refractivity contribution in [2.75, 3.05) is 11.6 Å². The summed E-state index contributed by atoms with van der Waals surface area (Å²) in [4.78, 5) is 1.33. The third-order valence-corrected chi connectivity index (χ3v) is 4.55. The van der Waals surface area contributed by atoms with Gasteiger partial charge in [0.1, 0.15) is 0 Å². The summed E-state index contributed by atoms with van der Waals surface area (Å²) >= 11 is 1.79. The normalized spacial score (nSPS) is 17.7. The Labute approximate surface area is 119 Å². The Morgan fingerprint density at radius 2 is 1.89 bits per heavy atom. The quantitative estimate of drug-likeness (QED) is 0.785. The molecule has 0 aromatic heterocycles. The molecule has 3 rings (SSSR count). The van der Waals surface area contributed by atoms with E-state index in [1.54, 1.807) is 11.8 Å². The lowest BCUT2D eigenvalue weighted by molar-refractivity contribution is 0.667. The molecule has 1 heterocycles. The maximum absolute atomic E-state index is 3.67. The first kappa shape index (κ1) is 12.6. The van der Waals surface area contributed by atoms with Crippen molar-refractivity contribution in [3.05, 3.63) is 59.2 Å². The average Bonchev–Trinajstić information content (AvgIpc) is 2.47.